The summed E-state index contributed by atoms with van der Waals surface area (Å²) in [5, 5.41) is 12.6. The average molecular weight is 354 g/mol. The zero-order chi connectivity index (χ0) is 19.3. The highest BCUT2D eigenvalue weighted by Gasteiger charge is 2.24. The van der Waals surface area contributed by atoms with Crippen LogP contribution in [-0.4, -0.2) is 19.1 Å². The van der Waals surface area contributed by atoms with Gasteiger partial charge in [0.2, 0.25) is 0 Å². The first-order valence-corrected chi connectivity index (χ1v) is 9.48. The molecule has 1 aromatic carbocycles. The van der Waals surface area contributed by atoms with E-state index in [4.69, 9.17) is 4.74 Å². The highest BCUT2D eigenvalue weighted by Crippen LogP contribution is 2.30. The number of ether oxygens (including phenoxy) is 1. The maximum Gasteiger partial charge on any atom is 0.262 e. The molecule has 1 N–H and O–H groups in total. The van der Waals surface area contributed by atoms with Crippen molar-refractivity contribution in [2.45, 2.75) is 65.3 Å². The summed E-state index contributed by atoms with van der Waals surface area (Å²) in [7, 11) is 1.66. The number of aryl methyl sites for hydroxylation is 1. The number of nitrogens with one attached hydrogen (secondary N) is 1. The summed E-state index contributed by atoms with van der Waals surface area (Å²) < 4.78 is 5.47. The monoisotopic (exact) mass is 354 g/mol. The molecule has 0 spiro atoms. The Morgan fingerprint density at radius 2 is 2.04 bits per heavy atom. The van der Waals surface area contributed by atoms with E-state index in [-0.39, 0.29) is 17.5 Å². The highest BCUT2D eigenvalue weighted by molar-refractivity contribution is 6.02. The van der Waals surface area contributed by atoms with Crippen molar-refractivity contribution in [2.75, 3.05) is 7.11 Å². The van der Waals surface area contributed by atoms with Crippen LogP contribution < -0.4 is 10.1 Å². The molecule has 1 saturated carbocycles. The third kappa shape index (κ3) is 4.66. The van der Waals surface area contributed by atoms with Crippen LogP contribution in [0.25, 0.3) is 6.08 Å². The zero-order valence-corrected chi connectivity index (χ0v) is 16.6. The summed E-state index contributed by atoms with van der Waals surface area (Å²) >= 11 is 0. The first-order valence-electron chi connectivity index (χ1n) is 9.48. The Balaban J connectivity index is 2.29. The summed E-state index contributed by atoms with van der Waals surface area (Å²) in [4.78, 5) is 12.6. The quantitative estimate of drug-likeness (QED) is 0.614. The van der Waals surface area contributed by atoms with Crippen molar-refractivity contribution in [2.24, 2.45) is 5.92 Å². The summed E-state index contributed by atoms with van der Waals surface area (Å²) in [5.41, 5.74) is 3.10. The van der Waals surface area contributed by atoms with Gasteiger partial charge in [0.25, 0.3) is 5.91 Å². The smallest absolute Gasteiger partial charge is 0.262 e. The van der Waals surface area contributed by atoms with Crippen LogP contribution in [0.4, 0.5) is 0 Å². The summed E-state index contributed by atoms with van der Waals surface area (Å²) in [6, 6.07) is 6.23. The minimum Gasteiger partial charge on any atom is -0.496 e. The first kappa shape index (κ1) is 20.0. The van der Waals surface area contributed by atoms with Crippen LogP contribution in [0.1, 0.15) is 69.1 Å². The number of hydrogen-bond donors (Lipinski definition) is 1. The van der Waals surface area contributed by atoms with Gasteiger partial charge in [0.15, 0.2) is 0 Å². The van der Waals surface area contributed by atoms with Crippen molar-refractivity contribution in [1.29, 1.82) is 5.26 Å². The molecule has 2 rings (SSSR count). The molecule has 0 radical (unpaired) electrons. The van der Waals surface area contributed by atoms with Gasteiger partial charge in [-0.25, -0.2) is 0 Å². The van der Waals surface area contributed by atoms with Crippen LogP contribution in [0.5, 0.6) is 5.75 Å². The normalized spacial score (nSPS) is 20.6. The van der Waals surface area contributed by atoms with Crippen LogP contribution >= 0.6 is 0 Å². The van der Waals surface area contributed by atoms with Gasteiger partial charge in [-0.15, -0.1) is 0 Å². The second-order valence-corrected chi connectivity index (χ2v) is 7.62. The number of amides is 1. The molecule has 0 heterocycles. The van der Waals surface area contributed by atoms with Crippen molar-refractivity contribution in [1.82, 2.24) is 5.32 Å². The SMILES string of the molecule is COc1cc(C)c(/C=C(\C#N)C(=O)N[C@@H]2CCCC[C@H]2C)cc1C(C)C. The Labute approximate surface area is 157 Å². The minimum atomic E-state index is -0.271. The Bertz CT molecular complexity index is 728. The molecule has 1 aliphatic carbocycles. The standard InChI is InChI=1S/C22H30N2O2/c1-14(2)19-12-17(16(4)10-21(19)26-5)11-18(13-23)22(25)24-20-9-7-6-8-15(20)3/h10-12,14-15,20H,6-9H2,1-5H3,(H,24,25)/b18-11+/t15-,20-/m1/s1. The lowest BCUT2D eigenvalue weighted by Crippen LogP contribution is -2.41. The van der Waals surface area contributed by atoms with E-state index in [9.17, 15) is 10.1 Å². The molecule has 1 fully saturated rings. The molecule has 0 aromatic heterocycles. The third-order valence-electron chi connectivity index (χ3n) is 5.33. The minimum absolute atomic E-state index is 0.158. The summed E-state index contributed by atoms with van der Waals surface area (Å²) in [6.07, 6.45) is 6.17. The van der Waals surface area contributed by atoms with Crippen LogP contribution in [-0.2, 0) is 4.79 Å². The molecule has 2 atom stereocenters. The fourth-order valence-corrected chi connectivity index (χ4v) is 3.58. The number of rotatable bonds is 5. The molecule has 0 bridgehead atoms. The molecule has 0 saturated heterocycles. The van der Waals surface area contributed by atoms with E-state index in [0.29, 0.717) is 11.8 Å². The lowest BCUT2D eigenvalue weighted by Gasteiger charge is -2.29. The van der Waals surface area contributed by atoms with Gasteiger partial charge in [-0.2, -0.15) is 5.26 Å². The number of nitrogens with zero attached hydrogens (tertiary/aromatic N) is 1. The predicted octanol–water partition coefficient (Wildman–Crippen LogP) is 4.73. The Morgan fingerprint density at radius 3 is 2.62 bits per heavy atom. The predicted molar refractivity (Wildman–Crippen MR) is 105 cm³/mol. The number of benzene rings is 1. The van der Waals surface area contributed by atoms with Crippen molar-refractivity contribution in [3.05, 3.63) is 34.4 Å². The van der Waals surface area contributed by atoms with Gasteiger partial charge in [-0.1, -0.05) is 33.6 Å². The second-order valence-electron chi connectivity index (χ2n) is 7.62. The van der Waals surface area contributed by atoms with Crippen LogP contribution in [0, 0.1) is 24.2 Å². The maximum atomic E-state index is 12.6. The molecule has 0 aliphatic heterocycles. The van der Waals surface area contributed by atoms with Gasteiger partial charge in [-0.05, 0) is 66.5 Å². The molecular formula is C22H30N2O2. The van der Waals surface area contributed by atoms with Gasteiger partial charge in [0.05, 0.1) is 7.11 Å². The van der Waals surface area contributed by atoms with Gasteiger partial charge < -0.3 is 10.1 Å². The highest BCUT2D eigenvalue weighted by atomic mass is 16.5. The van der Waals surface area contributed by atoms with Crippen LogP contribution in [0.2, 0.25) is 0 Å². The van der Waals surface area contributed by atoms with E-state index in [0.717, 1.165) is 41.7 Å². The van der Waals surface area contributed by atoms with Crippen molar-refractivity contribution in [3.8, 4) is 11.8 Å². The molecule has 140 valence electrons. The van der Waals surface area contributed by atoms with Gasteiger partial charge in [-0.3, -0.25) is 4.79 Å². The average Bonchev–Trinajstić information content (AvgIpc) is 2.61. The van der Waals surface area contributed by atoms with E-state index in [2.05, 4.69) is 32.2 Å². The molecular weight excluding hydrogens is 324 g/mol. The Morgan fingerprint density at radius 1 is 1.35 bits per heavy atom. The lowest BCUT2D eigenvalue weighted by atomic mass is 9.86. The Kier molecular flexibility index (Phi) is 6.85. The molecule has 26 heavy (non-hydrogen) atoms. The van der Waals surface area contributed by atoms with Crippen molar-refractivity contribution >= 4 is 12.0 Å². The van der Waals surface area contributed by atoms with E-state index in [1.807, 2.05) is 19.1 Å². The van der Waals surface area contributed by atoms with E-state index in [1.165, 1.54) is 6.42 Å². The fraction of sp³-hybridized carbons (Fsp3) is 0.545. The third-order valence-corrected chi connectivity index (χ3v) is 5.33. The first-order chi connectivity index (χ1) is 12.4. The number of methoxy groups -OCH3 is 1. The number of carbonyl (C=O) groups excluding carboxylic acids is 1. The van der Waals surface area contributed by atoms with E-state index in [1.54, 1.807) is 13.2 Å². The van der Waals surface area contributed by atoms with Gasteiger partial charge in [0.1, 0.15) is 17.4 Å². The van der Waals surface area contributed by atoms with Crippen molar-refractivity contribution in [3.63, 3.8) is 0 Å². The molecule has 4 nitrogen and oxygen atoms in total. The second kappa shape index (κ2) is 8.89. The maximum absolute atomic E-state index is 12.6. The van der Waals surface area contributed by atoms with Gasteiger partial charge >= 0.3 is 0 Å². The fourth-order valence-electron chi connectivity index (χ4n) is 3.58. The summed E-state index contributed by atoms with van der Waals surface area (Å²) in [5.74, 6) is 1.32. The Hall–Kier alpha value is -2.28. The molecule has 1 aromatic rings. The van der Waals surface area contributed by atoms with Crippen LogP contribution in [0.3, 0.4) is 0 Å². The lowest BCUT2D eigenvalue weighted by molar-refractivity contribution is -0.118. The number of hydrogen-bond acceptors (Lipinski definition) is 3. The van der Waals surface area contributed by atoms with Crippen LogP contribution in [0.15, 0.2) is 17.7 Å². The molecule has 1 aliphatic rings. The molecule has 4 heteroatoms. The topological polar surface area (TPSA) is 62.1 Å². The zero-order valence-electron chi connectivity index (χ0n) is 16.6. The number of carbonyl (C=O) groups is 1. The van der Waals surface area contributed by atoms with Gasteiger partial charge in [0, 0.05) is 6.04 Å². The summed E-state index contributed by atoms with van der Waals surface area (Å²) in [6.45, 7) is 8.34. The molecule has 1 amide bonds. The van der Waals surface area contributed by atoms with E-state index >= 15 is 0 Å². The van der Waals surface area contributed by atoms with Crippen molar-refractivity contribution < 1.29 is 9.53 Å². The molecule has 0 unspecified atom stereocenters. The largest absolute Gasteiger partial charge is 0.496 e. The van der Waals surface area contributed by atoms with E-state index < -0.39 is 0 Å². The number of nitriles is 1.